The number of aliphatic hydroxyl groups excluding tert-OH is 1. The lowest BCUT2D eigenvalue weighted by Gasteiger charge is -2.26. The number of amides is 2. The number of para-hydroxylation sites is 1. The fraction of sp³-hybridized carbons (Fsp3) is 0.500. The molecule has 1 saturated carbocycles. The van der Waals surface area contributed by atoms with Gasteiger partial charge in [-0.1, -0.05) is 18.2 Å². The quantitative estimate of drug-likeness (QED) is 0.752. The molecular weight excluding hydrogens is 228 g/mol. The second-order valence-electron chi connectivity index (χ2n) is 4.93. The van der Waals surface area contributed by atoms with Gasteiger partial charge in [0.1, 0.15) is 0 Å². The number of anilines is 1. The zero-order valence-electron chi connectivity index (χ0n) is 10.6. The van der Waals surface area contributed by atoms with Crippen molar-refractivity contribution in [1.29, 1.82) is 0 Å². The summed E-state index contributed by atoms with van der Waals surface area (Å²) in [6.07, 6.45) is 3.13. The van der Waals surface area contributed by atoms with Gasteiger partial charge in [-0.15, -0.1) is 0 Å². The average Bonchev–Trinajstić information content (AvgIpc) is 2.32. The van der Waals surface area contributed by atoms with E-state index < -0.39 is 0 Å². The molecule has 0 spiro atoms. The first-order valence-corrected chi connectivity index (χ1v) is 6.46. The Bertz CT molecular complexity index is 420. The maximum absolute atomic E-state index is 11.8. The molecule has 98 valence electrons. The molecule has 0 radical (unpaired) electrons. The highest BCUT2D eigenvalue weighted by atomic mass is 16.3. The number of aryl methyl sites for hydroxylation is 1. The van der Waals surface area contributed by atoms with Crippen molar-refractivity contribution < 1.29 is 9.90 Å². The molecule has 2 amide bonds. The molecule has 1 aliphatic carbocycles. The van der Waals surface area contributed by atoms with E-state index in [9.17, 15) is 9.90 Å². The van der Waals surface area contributed by atoms with Crippen LogP contribution in [-0.2, 0) is 0 Å². The first-order chi connectivity index (χ1) is 8.65. The number of aliphatic hydroxyl groups is 1. The van der Waals surface area contributed by atoms with Crippen molar-refractivity contribution >= 4 is 11.7 Å². The molecule has 0 bridgehead atoms. The Morgan fingerprint density at radius 1 is 1.33 bits per heavy atom. The Kier molecular flexibility index (Phi) is 4.20. The molecule has 0 saturated heterocycles. The normalized spacial score (nSPS) is 23.4. The van der Waals surface area contributed by atoms with Crippen molar-refractivity contribution in [2.24, 2.45) is 0 Å². The molecule has 4 heteroatoms. The summed E-state index contributed by atoms with van der Waals surface area (Å²) >= 11 is 0. The molecule has 0 aliphatic heterocycles. The molecule has 1 aliphatic rings. The predicted molar refractivity (Wildman–Crippen MR) is 71.6 cm³/mol. The third-order valence-electron chi connectivity index (χ3n) is 3.38. The number of benzene rings is 1. The minimum Gasteiger partial charge on any atom is -0.393 e. The maximum atomic E-state index is 11.8. The van der Waals surface area contributed by atoms with Crippen LogP contribution in [0, 0.1) is 6.92 Å². The molecular formula is C14H20N2O2. The van der Waals surface area contributed by atoms with E-state index in [0.29, 0.717) is 6.42 Å². The van der Waals surface area contributed by atoms with Crippen molar-refractivity contribution in [2.45, 2.75) is 44.8 Å². The summed E-state index contributed by atoms with van der Waals surface area (Å²) in [4.78, 5) is 11.8. The number of carbonyl (C=O) groups excluding carboxylic acids is 1. The molecule has 1 aromatic carbocycles. The second-order valence-corrected chi connectivity index (χ2v) is 4.93. The monoisotopic (exact) mass is 248 g/mol. The highest BCUT2D eigenvalue weighted by molar-refractivity contribution is 5.90. The van der Waals surface area contributed by atoms with Crippen molar-refractivity contribution in [1.82, 2.24) is 5.32 Å². The number of hydrogen-bond donors (Lipinski definition) is 3. The summed E-state index contributed by atoms with van der Waals surface area (Å²) in [7, 11) is 0. The van der Waals surface area contributed by atoms with Crippen LogP contribution < -0.4 is 10.6 Å². The smallest absolute Gasteiger partial charge is 0.319 e. The van der Waals surface area contributed by atoms with Gasteiger partial charge in [0.05, 0.1) is 6.10 Å². The number of carbonyl (C=O) groups is 1. The van der Waals surface area contributed by atoms with Crippen LogP contribution in [0.2, 0.25) is 0 Å². The van der Waals surface area contributed by atoms with E-state index in [1.165, 1.54) is 0 Å². The van der Waals surface area contributed by atoms with Crippen LogP contribution in [0.3, 0.4) is 0 Å². The van der Waals surface area contributed by atoms with Crippen LogP contribution >= 0.6 is 0 Å². The molecule has 1 fully saturated rings. The van der Waals surface area contributed by atoms with Gasteiger partial charge in [0.25, 0.3) is 0 Å². The second kappa shape index (κ2) is 5.87. The average molecular weight is 248 g/mol. The van der Waals surface area contributed by atoms with E-state index in [1.54, 1.807) is 0 Å². The van der Waals surface area contributed by atoms with Crippen LogP contribution in [-0.4, -0.2) is 23.3 Å². The van der Waals surface area contributed by atoms with Gasteiger partial charge >= 0.3 is 6.03 Å². The Morgan fingerprint density at radius 3 is 2.83 bits per heavy atom. The van der Waals surface area contributed by atoms with Crippen LogP contribution in [0.1, 0.15) is 31.2 Å². The van der Waals surface area contributed by atoms with Crippen LogP contribution in [0.5, 0.6) is 0 Å². The minimum absolute atomic E-state index is 0.0813. The van der Waals surface area contributed by atoms with Crippen molar-refractivity contribution in [3.05, 3.63) is 29.8 Å². The van der Waals surface area contributed by atoms with Gasteiger partial charge in [-0.05, 0) is 44.2 Å². The van der Waals surface area contributed by atoms with E-state index in [0.717, 1.165) is 30.5 Å². The van der Waals surface area contributed by atoms with E-state index in [1.807, 2.05) is 31.2 Å². The largest absolute Gasteiger partial charge is 0.393 e. The summed E-state index contributed by atoms with van der Waals surface area (Å²) in [6.45, 7) is 1.96. The molecule has 1 aromatic rings. The van der Waals surface area contributed by atoms with Crippen molar-refractivity contribution in [2.75, 3.05) is 5.32 Å². The number of urea groups is 1. The standard InChI is InChI=1S/C14H20N2O2/c1-10-5-2-3-8-13(10)16-14(18)15-11-6-4-7-12(17)9-11/h2-3,5,8,11-12,17H,4,6-7,9H2,1H3,(H2,15,16,18)/t11-,12-/m1/s1. The van der Waals surface area contributed by atoms with Gasteiger partial charge in [-0.2, -0.15) is 0 Å². The molecule has 0 unspecified atom stereocenters. The number of nitrogens with one attached hydrogen (secondary N) is 2. The lowest BCUT2D eigenvalue weighted by molar-refractivity contribution is 0.114. The maximum Gasteiger partial charge on any atom is 0.319 e. The van der Waals surface area contributed by atoms with E-state index in [-0.39, 0.29) is 18.2 Å². The van der Waals surface area contributed by atoms with Gasteiger partial charge in [0, 0.05) is 11.7 Å². The van der Waals surface area contributed by atoms with Crippen molar-refractivity contribution in [3.8, 4) is 0 Å². The van der Waals surface area contributed by atoms with Crippen LogP contribution in [0.25, 0.3) is 0 Å². The topological polar surface area (TPSA) is 61.4 Å². The van der Waals surface area contributed by atoms with Crippen LogP contribution in [0.15, 0.2) is 24.3 Å². The van der Waals surface area contributed by atoms with E-state index in [4.69, 9.17) is 0 Å². The van der Waals surface area contributed by atoms with Gasteiger partial charge in [-0.25, -0.2) is 4.79 Å². The lowest BCUT2D eigenvalue weighted by atomic mass is 9.93. The summed E-state index contributed by atoms with van der Waals surface area (Å²) < 4.78 is 0. The molecule has 2 atom stereocenters. The molecule has 3 N–H and O–H groups in total. The third kappa shape index (κ3) is 3.47. The fourth-order valence-electron chi connectivity index (χ4n) is 2.35. The number of hydrogen-bond acceptors (Lipinski definition) is 2. The Balaban J connectivity index is 1.87. The Hall–Kier alpha value is -1.55. The van der Waals surface area contributed by atoms with E-state index in [2.05, 4.69) is 10.6 Å². The van der Waals surface area contributed by atoms with E-state index >= 15 is 0 Å². The molecule has 4 nitrogen and oxygen atoms in total. The minimum atomic E-state index is -0.275. The summed E-state index contributed by atoms with van der Waals surface area (Å²) in [5, 5.41) is 15.3. The molecule has 2 rings (SSSR count). The molecule has 0 aromatic heterocycles. The third-order valence-corrected chi connectivity index (χ3v) is 3.38. The lowest BCUT2D eigenvalue weighted by Crippen LogP contribution is -2.41. The highest BCUT2D eigenvalue weighted by Gasteiger charge is 2.21. The van der Waals surface area contributed by atoms with Crippen molar-refractivity contribution in [3.63, 3.8) is 0 Å². The van der Waals surface area contributed by atoms with Crippen LogP contribution in [0.4, 0.5) is 10.5 Å². The molecule has 18 heavy (non-hydrogen) atoms. The number of rotatable bonds is 2. The summed E-state index contributed by atoms with van der Waals surface area (Å²) in [5.41, 5.74) is 1.86. The van der Waals surface area contributed by atoms with Gasteiger partial charge in [0.2, 0.25) is 0 Å². The first kappa shape index (κ1) is 12.9. The Labute approximate surface area is 107 Å². The van der Waals surface area contributed by atoms with Gasteiger partial charge in [-0.3, -0.25) is 0 Å². The first-order valence-electron chi connectivity index (χ1n) is 6.46. The molecule has 0 heterocycles. The van der Waals surface area contributed by atoms with Gasteiger partial charge in [0.15, 0.2) is 0 Å². The highest BCUT2D eigenvalue weighted by Crippen LogP contribution is 2.19. The summed E-state index contributed by atoms with van der Waals surface area (Å²) in [6, 6.07) is 7.56. The Morgan fingerprint density at radius 2 is 2.11 bits per heavy atom. The zero-order chi connectivity index (χ0) is 13.0. The fourth-order valence-corrected chi connectivity index (χ4v) is 2.35. The predicted octanol–water partition coefficient (Wildman–Crippen LogP) is 2.42. The SMILES string of the molecule is Cc1ccccc1NC(=O)N[C@@H]1CCC[C@@H](O)C1. The van der Waals surface area contributed by atoms with Gasteiger partial charge < -0.3 is 15.7 Å². The zero-order valence-corrected chi connectivity index (χ0v) is 10.6. The summed E-state index contributed by atoms with van der Waals surface area (Å²) in [5.74, 6) is 0.